The predicted octanol–water partition coefficient (Wildman–Crippen LogP) is 17.4. The van der Waals surface area contributed by atoms with Gasteiger partial charge in [-0.1, -0.05) is 36.4 Å². The van der Waals surface area contributed by atoms with Crippen molar-refractivity contribution >= 4 is 96.6 Å². The number of hydrogen-bond donors (Lipinski definition) is 4. The summed E-state index contributed by atoms with van der Waals surface area (Å²) in [7, 11) is -18.8. The van der Waals surface area contributed by atoms with E-state index in [0.717, 1.165) is 103 Å². The van der Waals surface area contributed by atoms with Gasteiger partial charge in [-0.25, -0.2) is 9.59 Å². The van der Waals surface area contributed by atoms with Gasteiger partial charge >= 0.3 is 63.3 Å². The molecule has 0 saturated carbocycles. The standard InChI is InChI=1S/C39H62O11Si5.C31H58O7Si5/c1-44-37-28-31(18-24-36(37)46-39(43)33-21-19-32(20-22-33)38(42)45-2)16-14-26-52(5,6)48-54(9,10)50-55(11,12)49-53(7,8)47-51(3,4)25-13-15-30-17-23-35(41)34(27-30)29-40;1-26-17-18-27(23-29(26)25-32)15-13-21-39(3,4)35-41(7,8)37-43(11,12)38-42(9,10)36-40(5,6)22-14-16-28-19-20-30(33)31(24-28)34-2/h17-24,27-28,40-41H,13-16,25-26,29H2,1-12H3;17-20,23-24,32-33H,13-16,21-22,25H2,1-12H3. The number of carbonyl (C=O) groups excluding carboxylic acids is 2. The zero-order chi connectivity index (χ0) is 73.9. The highest BCUT2D eigenvalue weighted by Gasteiger charge is 2.47. The maximum Gasteiger partial charge on any atom is 0.343 e. The van der Waals surface area contributed by atoms with Gasteiger partial charge in [-0.3, -0.25) is 0 Å². The number of phenolic OH excluding ortho intramolecular Hbond substituents is 1. The molecule has 0 bridgehead atoms. The molecule has 5 rings (SSSR count). The maximum absolute atomic E-state index is 12.8. The third kappa shape index (κ3) is 31.3. The van der Waals surface area contributed by atoms with Gasteiger partial charge < -0.3 is 72.3 Å². The highest BCUT2D eigenvalue weighted by molar-refractivity contribution is 6.92. The van der Waals surface area contributed by atoms with Crippen LogP contribution in [0.25, 0.3) is 0 Å². The van der Waals surface area contributed by atoms with Gasteiger partial charge in [0.1, 0.15) is 5.75 Å². The van der Waals surface area contributed by atoms with Gasteiger partial charge in [0.2, 0.25) is 0 Å². The van der Waals surface area contributed by atoms with E-state index < -0.39 is 96.6 Å². The van der Waals surface area contributed by atoms with Gasteiger partial charge in [0.15, 0.2) is 56.3 Å². The van der Waals surface area contributed by atoms with Crippen LogP contribution in [0.2, 0.25) is 155 Å². The lowest BCUT2D eigenvalue weighted by atomic mass is 10.0. The van der Waals surface area contributed by atoms with Crippen molar-refractivity contribution in [1.82, 2.24) is 0 Å². The van der Waals surface area contributed by atoms with E-state index in [0.29, 0.717) is 33.9 Å². The first kappa shape index (κ1) is 86.4. The summed E-state index contributed by atoms with van der Waals surface area (Å²) in [6, 6.07) is 33.0. The molecule has 98 heavy (non-hydrogen) atoms. The average Bonchev–Trinajstić information content (AvgIpc) is 0.824. The lowest BCUT2D eigenvalue weighted by molar-refractivity contribution is 0.0599. The number of aliphatic hydroxyl groups excluding tert-OH is 2. The van der Waals surface area contributed by atoms with Crippen LogP contribution in [0.1, 0.15) is 85.3 Å². The predicted molar refractivity (Wildman–Crippen MR) is 418 cm³/mol. The zero-order valence-corrected chi connectivity index (χ0v) is 73.6. The number of benzene rings is 5. The van der Waals surface area contributed by atoms with Crippen molar-refractivity contribution in [2.45, 2.75) is 227 Å². The number of methoxy groups -OCH3 is 3. The Labute approximate surface area is 598 Å². The monoisotopic (exact) mass is 1530 g/mol. The second-order valence-electron chi connectivity index (χ2n) is 30.7. The van der Waals surface area contributed by atoms with Gasteiger partial charge in [0, 0.05) is 5.56 Å². The fourth-order valence-corrected chi connectivity index (χ4v) is 62.3. The summed E-state index contributed by atoms with van der Waals surface area (Å²) in [4.78, 5) is 24.5. The number of carbonyl (C=O) groups is 2. The molecule has 18 nitrogen and oxygen atoms in total. The number of aryl methyl sites for hydroxylation is 5. The number of ether oxygens (including phenoxy) is 4. The van der Waals surface area contributed by atoms with E-state index >= 15 is 0 Å². The van der Waals surface area contributed by atoms with Crippen LogP contribution in [0.15, 0.2) is 97.1 Å². The minimum absolute atomic E-state index is 0.0866. The van der Waals surface area contributed by atoms with Crippen LogP contribution in [0, 0.1) is 6.92 Å². The molecule has 0 aliphatic carbocycles. The van der Waals surface area contributed by atoms with Crippen LogP contribution in [0.3, 0.4) is 0 Å². The summed E-state index contributed by atoms with van der Waals surface area (Å²) >= 11 is 0. The van der Waals surface area contributed by atoms with E-state index in [9.17, 15) is 30.0 Å². The normalized spacial score (nSPS) is 13.0. The van der Waals surface area contributed by atoms with Gasteiger partial charge in [0.25, 0.3) is 0 Å². The van der Waals surface area contributed by atoms with E-state index in [1.807, 2.05) is 43.3 Å². The molecule has 0 aromatic heterocycles. The molecule has 548 valence electrons. The third-order valence-corrected chi connectivity index (χ3v) is 54.8. The maximum atomic E-state index is 12.8. The van der Waals surface area contributed by atoms with Crippen molar-refractivity contribution in [2.75, 3.05) is 21.3 Å². The van der Waals surface area contributed by atoms with Crippen LogP contribution in [0.5, 0.6) is 28.7 Å². The summed E-state index contributed by atoms with van der Waals surface area (Å²) in [5, 5.41) is 38.8. The minimum Gasteiger partial charge on any atom is -0.508 e. The van der Waals surface area contributed by atoms with E-state index in [-0.39, 0.29) is 24.7 Å². The van der Waals surface area contributed by atoms with Crippen molar-refractivity contribution in [3.63, 3.8) is 0 Å². The molecule has 0 spiro atoms. The first-order valence-corrected chi connectivity index (χ1v) is 63.7. The molecule has 0 atom stereocenters. The van der Waals surface area contributed by atoms with E-state index in [2.05, 4.69) is 149 Å². The van der Waals surface area contributed by atoms with Crippen molar-refractivity contribution in [3.05, 3.63) is 147 Å². The van der Waals surface area contributed by atoms with E-state index in [1.54, 1.807) is 32.4 Å². The Bertz CT molecular complexity index is 3270. The Morgan fingerprint density at radius 3 is 1.01 bits per heavy atom. The highest BCUT2D eigenvalue weighted by Crippen LogP contribution is 2.35. The Morgan fingerprint density at radius 2 is 0.653 bits per heavy atom. The van der Waals surface area contributed by atoms with Crippen LogP contribution >= 0.6 is 0 Å². The topological polar surface area (TPSA) is 226 Å². The number of aliphatic hydroxyl groups is 2. The molecule has 0 fully saturated rings. The van der Waals surface area contributed by atoms with Crippen molar-refractivity contribution in [2.24, 2.45) is 0 Å². The van der Waals surface area contributed by atoms with Crippen molar-refractivity contribution in [1.29, 1.82) is 0 Å². The first-order valence-electron chi connectivity index (χ1n) is 34.3. The molecule has 28 heteroatoms. The lowest BCUT2D eigenvalue weighted by Gasteiger charge is -2.42. The minimum atomic E-state index is -2.61. The fraction of sp³-hybridized carbons (Fsp3) is 0.543. The van der Waals surface area contributed by atoms with Crippen LogP contribution in [0.4, 0.5) is 0 Å². The fourth-order valence-electron chi connectivity index (χ4n) is 13.1. The zero-order valence-electron chi connectivity index (χ0n) is 63.6. The number of rotatable bonds is 39. The molecule has 5 aromatic carbocycles. The Balaban J connectivity index is 0.000000429. The average molecular weight is 1530 g/mol. The van der Waals surface area contributed by atoms with Crippen LogP contribution in [-0.4, -0.2) is 138 Å². The van der Waals surface area contributed by atoms with E-state index in [4.69, 9.17) is 51.9 Å². The molecule has 0 saturated heterocycles. The van der Waals surface area contributed by atoms with Gasteiger partial charge in [-0.2, -0.15) is 0 Å². The first-order chi connectivity index (χ1) is 45.1. The van der Waals surface area contributed by atoms with Crippen molar-refractivity contribution in [3.8, 4) is 28.7 Å². The van der Waals surface area contributed by atoms with Crippen LogP contribution in [-0.2, 0) is 76.6 Å². The molecule has 4 N–H and O–H groups in total. The largest absolute Gasteiger partial charge is 0.508 e. The molecule has 0 amide bonds. The SMILES string of the molecule is COC(=O)c1ccc(C(=O)Oc2ccc(CCC[Si](C)(C)O[Si](C)(C)O[Si](C)(C)O[Si](C)(C)O[Si](C)(C)CCCc3ccc(O)c(CO)c3)cc2OC)cc1.COc1cc(CCC[Si](C)(C)O[Si](C)(C)O[Si](C)(C)O[Si](C)(C)O[Si](C)(C)CCCc2ccc(C)c(CO)c2)ccc1O. The van der Waals surface area contributed by atoms with Crippen molar-refractivity contribution < 1.29 is 81.9 Å². The second-order valence-corrected chi connectivity index (χ2v) is 70.1. The van der Waals surface area contributed by atoms with Gasteiger partial charge in [-0.05, 0) is 307 Å². The summed E-state index contributed by atoms with van der Waals surface area (Å²) in [5.41, 5.74) is 7.93. The van der Waals surface area contributed by atoms with E-state index in [1.165, 1.54) is 36.9 Å². The Kier molecular flexibility index (Phi) is 32.6. The lowest BCUT2D eigenvalue weighted by Crippen LogP contribution is -2.58. The molecule has 5 aromatic rings. The number of hydrogen-bond acceptors (Lipinski definition) is 18. The quantitative estimate of drug-likeness (QED) is 0.0163. The summed E-state index contributed by atoms with van der Waals surface area (Å²) in [5.74, 6) is 0.553. The van der Waals surface area contributed by atoms with Gasteiger partial charge in [0.05, 0.1) is 45.7 Å². The summed E-state index contributed by atoms with van der Waals surface area (Å²) < 4.78 is 75.6. The number of phenols is 2. The number of aromatic hydroxyl groups is 2. The smallest absolute Gasteiger partial charge is 0.343 e. The number of esters is 2. The molecule has 0 aliphatic rings. The highest BCUT2D eigenvalue weighted by atomic mass is 28.5. The molecule has 0 radical (unpaired) electrons. The second kappa shape index (κ2) is 36.9. The summed E-state index contributed by atoms with van der Waals surface area (Å²) in [6.07, 6.45) is 7.49. The molecular formula is C70H120O18Si10. The molecular weight excluding hydrogens is 1410 g/mol. The Morgan fingerprint density at radius 1 is 0.347 bits per heavy atom. The molecule has 0 aliphatic heterocycles. The Hall–Kier alpha value is -3.99. The third-order valence-electron chi connectivity index (χ3n) is 16.1. The molecule has 0 heterocycles. The summed E-state index contributed by atoms with van der Waals surface area (Å²) in [6.45, 7) is 45.5. The molecule has 0 unspecified atom stereocenters. The van der Waals surface area contributed by atoms with Gasteiger partial charge in [-0.15, -0.1) is 0 Å². The van der Waals surface area contributed by atoms with Crippen LogP contribution < -0.4 is 14.2 Å².